The minimum atomic E-state index is -0.0594. The van der Waals surface area contributed by atoms with E-state index in [-0.39, 0.29) is 18.6 Å². The number of rotatable bonds is 66. The lowest BCUT2D eigenvalue weighted by Crippen LogP contribution is -2.37. The number of Topliss-reactive ketones (excluding diaryl/α,β-unsaturated/α-hetero) is 1. The summed E-state index contributed by atoms with van der Waals surface area (Å²) in [5, 5.41) is 12.9. The molecule has 1 amide bonds. The van der Waals surface area contributed by atoms with Gasteiger partial charge in [0.05, 0.1) is 12.6 Å². The molecule has 0 heterocycles. The van der Waals surface area contributed by atoms with Gasteiger partial charge in [-0.05, 0) is 51.4 Å². The van der Waals surface area contributed by atoms with Crippen LogP contribution in [-0.2, 0) is 9.59 Å². The van der Waals surface area contributed by atoms with Gasteiger partial charge in [-0.1, -0.05) is 353 Å². The molecule has 440 valence electrons. The Morgan fingerprint density at radius 3 is 0.770 bits per heavy atom. The molecule has 0 saturated heterocycles. The fourth-order valence-corrected chi connectivity index (χ4v) is 11.3. The Labute approximate surface area is 466 Å². The highest BCUT2D eigenvalue weighted by Crippen LogP contribution is 2.19. The van der Waals surface area contributed by atoms with E-state index in [2.05, 4.69) is 31.3 Å². The number of hydrogen-bond acceptors (Lipinski definition) is 3. The van der Waals surface area contributed by atoms with Crippen molar-refractivity contribution in [1.29, 1.82) is 0 Å². The number of aliphatic hydroxyl groups excluding tert-OH is 1. The average Bonchev–Trinajstić information content (AvgIpc) is 3.40. The van der Waals surface area contributed by atoms with E-state index in [1.807, 2.05) is 0 Å². The summed E-state index contributed by atoms with van der Waals surface area (Å²) in [7, 11) is 0. The molecule has 0 radical (unpaired) electrons. The first kappa shape index (κ1) is 72.8. The maximum absolute atomic E-state index is 12.5. The molecule has 74 heavy (non-hydrogen) atoms. The fraction of sp³-hybridized carbons (Fsp3) is 0.943. The molecule has 0 aromatic rings. The van der Waals surface area contributed by atoms with Gasteiger partial charge in [0.1, 0.15) is 5.78 Å². The lowest BCUT2D eigenvalue weighted by molar-refractivity contribution is -0.122. The molecule has 0 aromatic carbocycles. The second-order valence-corrected chi connectivity index (χ2v) is 24.2. The number of hydrogen-bond donors (Lipinski definition) is 2. The predicted octanol–water partition coefficient (Wildman–Crippen LogP) is 23.8. The van der Waals surface area contributed by atoms with E-state index in [0.29, 0.717) is 12.2 Å². The second-order valence-electron chi connectivity index (χ2n) is 24.2. The van der Waals surface area contributed by atoms with Crippen LogP contribution in [0.2, 0.25) is 0 Å². The van der Waals surface area contributed by atoms with Gasteiger partial charge in [-0.3, -0.25) is 9.59 Å². The molecule has 0 spiro atoms. The third-order valence-electron chi connectivity index (χ3n) is 16.6. The number of amides is 1. The van der Waals surface area contributed by atoms with Gasteiger partial charge in [-0.2, -0.15) is 0 Å². The van der Waals surface area contributed by atoms with Crippen molar-refractivity contribution >= 4 is 11.7 Å². The highest BCUT2D eigenvalue weighted by molar-refractivity contribution is 5.78. The van der Waals surface area contributed by atoms with Gasteiger partial charge < -0.3 is 10.4 Å². The van der Waals surface area contributed by atoms with Crippen LogP contribution in [0.15, 0.2) is 12.2 Å². The molecule has 2 N–H and O–H groups in total. The predicted molar refractivity (Wildman–Crippen MR) is 331 cm³/mol. The standard InChI is InChI=1S/C70H137NO3/c1-3-5-7-9-11-13-15-17-19-20-30-33-36-40-44-48-52-56-60-64-69(73)65-61-57-53-49-45-41-37-34-31-28-26-24-22-21-23-25-27-29-32-35-38-42-46-50-54-58-62-66-70(74)71-68(67-72)63-59-55-51-47-43-39-18-16-14-12-10-8-6-4-2/h17,19,68,72H,3-16,18,20-67H2,1-2H3,(H,71,74)/b19-17-. The van der Waals surface area contributed by atoms with Crippen LogP contribution in [0.5, 0.6) is 0 Å². The van der Waals surface area contributed by atoms with E-state index in [1.165, 1.54) is 340 Å². The monoisotopic (exact) mass is 1040 g/mol. The molecule has 0 aliphatic rings. The number of nitrogens with one attached hydrogen (secondary N) is 1. The van der Waals surface area contributed by atoms with Crippen molar-refractivity contribution in [3.05, 3.63) is 12.2 Å². The van der Waals surface area contributed by atoms with E-state index >= 15 is 0 Å². The Morgan fingerprint density at radius 2 is 0.514 bits per heavy atom. The summed E-state index contributed by atoms with van der Waals surface area (Å²) in [5.74, 6) is 0.656. The first-order valence-corrected chi connectivity index (χ1v) is 34.7. The number of unbranched alkanes of at least 4 members (excludes halogenated alkanes) is 54. The highest BCUT2D eigenvalue weighted by atomic mass is 16.3. The molecule has 1 unspecified atom stereocenters. The van der Waals surface area contributed by atoms with Crippen LogP contribution < -0.4 is 5.32 Å². The lowest BCUT2D eigenvalue weighted by Gasteiger charge is -2.16. The Hall–Kier alpha value is -1.16. The van der Waals surface area contributed by atoms with Crippen molar-refractivity contribution < 1.29 is 14.7 Å². The first-order chi connectivity index (χ1) is 36.6. The summed E-state index contributed by atoms with van der Waals surface area (Å²) in [4.78, 5) is 24.8. The van der Waals surface area contributed by atoms with Crippen molar-refractivity contribution in [3.8, 4) is 0 Å². The summed E-state index contributed by atoms with van der Waals surface area (Å²) >= 11 is 0. The van der Waals surface area contributed by atoms with Crippen molar-refractivity contribution in [2.45, 2.75) is 418 Å². The zero-order chi connectivity index (χ0) is 53.4. The molecular formula is C70H137NO3. The average molecular weight is 1040 g/mol. The Bertz CT molecular complexity index is 1090. The molecule has 0 aliphatic heterocycles. The van der Waals surface area contributed by atoms with Crippen LogP contribution in [0.4, 0.5) is 0 Å². The van der Waals surface area contributed by atoms with Gasteiger partial charge >= 0.3 is 0 Å². The summed E-state index contributed by atoms with van der Waals surface area (Å²) in [5.41, 5.74) is 0. The van der Waals surface area contributed by atoms with Crippen LogP contribution in [0.25, 0.3) is 0 Å². The maximum atomic E-state index is 12.5. The number of ketones is 1. The summed E-state index contributed by atoms with van der Waals surface area (Å²) in [6, 6.07) is -0.0594. The molecule has 0 fully saturated rings. The number of carbonyl (C=O) groups excluding carboxylic acids is 2. The van der Waals surface area contributed by atoms with E-state index in [0.717, 1.165) is 51.4 Å². The molecule has 4 nitrogen and oxygen atoms in total. The number of carbonyl (C=O) groups is 2. The summed E-state index contributed by atoms with van der Waals surface area (Å²) < 4.78 is 0. The normalized spacial score (nSPS) is 12.1. The van der Waals surface area contributed by atoms with E-state index < -0.39 is 0 Å². The maximum Gasteiger partial charge on any atom is 0.220 e. The van der Waals surface area contributed by atoms with Gasteiger partial charge in [-0.15, -0.1) is 0 Å². The topological polar surface area (TPSA) is 66.4 Å². The van der Waals surface area contributed by atoms with Crippen LogP contribution in [0.3, 0.4) is 0 Å². The third-order valence-corrected chi connectivity index (χ3v) is 16.6. The highest BCUT2D eigenvalue weighted by Gasteiger charge is 2.11. The van der Waals surface area contributed by atoms with Gasteiger partial charge in [0.15, 0.2) is 0 Å². The first-order valence-electron chi connectivity index (χ1n) is 34.7. The number of aliphatic hydroxyl groups is 1. The van der Waals surface area contributed by atoms with E-state index in [4.69, 9.17) is 0 Å². The smallest absolute Gasteiger partial charge is 0.220 e. The molecule has 1 atom stereocenters. The molecule has 4 heteroatoms. The molecular weight excluding hydrogens is 903 g/mol. The molecule has 0 aliphatic carbocycles. The Balaban J connectivity index is 3.27. The van der Waals surface area contributed by atoms with Crippen LogP contribution in [0, 0.1) is 0 Å². The third kappa shape index (κ3) is 63.4. The van der Waals surface area contributed by atoms with E-state index in [1.54, 1.807) is 0 Å². The minimum absolute atomic E-state index is 0.0594. The van der Waals surface area contributed by atoms with Gasteiger partial charge in [-0.25, -0.2) is 0 Å². The van der Waals surface area contributed by atoms with Crippen molar-refractivity contribution in [3.63, 3.8) is 0 Å². The second kappa shape index (κ2) is 66.1. The molecule has 0 rings (SSSR count). The summed E-state index contributed by atoms with van der Waals surface area (Å²) in [6.45, 7) is 4.65. The van der Waals surface area contributed by atoms with Gasteiger partial charge in [0, 0.05) is 19.3 Å². The zero-order valence-electron chi connectivity index (χ0n) is 51.0. The van der Waals surface area contributed by atoms with Crippen LogP contribution in [-0.4, -0.2) is 29.4 Å². The van der Waals surface area contributed by atoms with E-state index in [9.17, 15) is 14.7 Å². The molecule has 0 aromatic heterocycles. The minimum Gasteiger partial charge on any atom is -0.394 e. The fourth-order valence-electron chi connectivity index (χ4n) is 11.3. The van der Waals surface area contributed by atoms with Gasteiger partial charge in [0.2, 0.25) is 5.91 Å². The number of allylic oxidation sites excluding steroid dienone is 2. The largest absolute Gasteiger partial charge is 0.394 e. The zero-order valence-corrected chi connectivity index (χ0v) is 51.0. The van der Waals surface area contributed by atoms with Gasteiger partial charge in [0.25, 0.3) is 0 Å². The molecule has 0 saturated carbocycles. The quantitative estimate of drug-likeness (QED) is 0.0471. The van der Waals surface area contributed by atoms with Crippen molar-refractivity contribution in [2.24, 2.45) is 0 Å². The SMILES string of the molecule is CCCCCCCC/C=C\CCCCCCCCCCCC(=O)CCCCCCCCCCCCCCCCCCCCCCCCCCCCCC(=O)NC(CO)CCCCCCCCCCCCCCCC. The van der Waals surface area contributed by atoms with Crippen molar-refractivity contribution in [2.75, 3.05) is 6.61 Å². The summed E-state index contributed by atoms with van der Waals surface area (Å²) in [6.07, 6.45) is 86.7. The Morgan fingerprint density at radius 1 is 0.297 bits per heavy atom. The lowest BCUT2D eigenvalue weighted by atomic mass is 10.0. The molecule has 0 bridgehead atoms. The van der Waals surface area contributed by atoms with Crippen LogP contribution >= 0.6 is 0 Å². The van der Waals surface area contributed by atoms with Crippen molar-refractivity contribution in [1.82, 2.24) is 5.32 Å². The Kier molecular flexibility index (Phi) is 65.1. The van der Waals surface area contributed by atoms with Crippen LogP contribution in [0.1, 0.15) is 412 Å².